The molecule has 150 valence electrons. The number of benzene rings is 2. The van der Waals surface area contributed by atoms with Gasteiger partial charge in [0.2, 0.25) is 6.39 Å². The van der Waals surface area contributed by atoms with Crippen LogP contribution in [0.2, 0.25) is 0 Å². The molecule has 0 spiro atoms. The average molecular weight is 401 g/mol. The van der Waals surface area contributed by atoms with E-state index in [1.165, 1.54) is 6.39 Å². The molecular formula is C22H19N5O3. The lowest BCUT2D eigenvalue weighted by atomic mass is 10.2. The Morgan fingerprint density at radius 1 is 1.00 bits per heavy atom. The summed E-state index contributed by atoms with van der Waals surface area (Å²) in [6.45, 7) is 0.768. The van der Waals surface area contributed by atoms with E-state index in [9.17, 15) is 4.79 Å². The Balaban J connectivity index is 1.31. The van der Waals surface area contributed by atoms with Gasteiger partial charge in [0.15, 0.2) is 0 Å². The Bertz CT molecular complexity index is 1080. The van der Waals surface area contributed by atoms with Gasteiger partial charge in [-0.3, -0.25) is 4.98 Å². The third kappa shape index (κ3) is 4.99. The number of amides is 2. The van der Waals surface area contributed by atoms with Crippen molar-refractivity contribution in [1.82, 2.24) is 20.5 Å². The molecule has 30 heavy (non-hydrogen) atoms. The maximum atomic E-state index is 12.0. The van der Waals surface area contributed by atoms with Crippen LogP contribution in [0.3, 0.4) is 0 Å². The predicted molar refractivity (Wildman–Crippen MR) is 111 cm³/mol. The highest BCUT2D eigenvalue weighted by atomic mass is 16.5. The van der Waals surface area contributed by atoms with Gasteiger partial charge >= 0.3 is 6.03 Å². The number of carbonyl (C=O) groups is 1. The molecule has 0 bridgehead atoms. The summed E-state index contributed by atoms with van der Waals surface area (Å²) in [7, 11) is 0. The van der Waals surface area contributed by atoms with Crippen LogP contribution in [0.1, 0.15) is 11.1 Å². The molecule has 0 atom stereocenters. The largest absolute Gasteiger partial charge is 0.488 e. The Labute approximate surface area is 172 Å². The lowest BCUT2D eigenvalue weighted by molar-refractivity contribution is 0.251. The van der Waals surface area contributed by atoms with Gasteiger partial charge < -0.3 is 19.8 Å². The maximum Gasteiger partial charge on any atom is 0.319 e. The van der Waals surface area contributed by atoms with Gasteiger partial charge in [-0.05, 0) is 41.5 Å². The predicted octanol–water partition coefficient (Wildman–Crippen LogP) is 4.03. The Morgan fingerprint density at radius 3 is 2.63 bits per heavy atom. The molecule has 8 heteroatoms. The molecule has 0 radical (unpaired) electrons. The summed E-state index contributed by atoms with van der Waals surface area (Å²) in [4.78, 5) is 16.1. The topological polar surface area (TPSA) is 102 Å². The van der Waals surface area contributed by atoms with Crippen LogP contribution in [0, 0.1) is 0 Å². The minimum Gasteiger partial charge on any atom is -0.488 e. The van der Waals surface area contributed by atoms with Crippen LogP contribution in [-0.2, 0) is 13.2 Å². The van der Waals surface area contributed by atoms with Gasteiger partial charge in [-0.25, -0.2) is 4.79 Å². The molecule has 0 aliphatic heterocycles. The number of hydrogen-bond donors (Lipinski definition) is 2. The van der Waals surface area contributed by atoms with E-state index in [-0.39, 0.29) is 6.03 Å². The standard InChI is InChI=1S/C22H19N5O3/c28-22(24-13-17-4-3-11-23-12-17)26-18-9-7-16(8-10-18)14-29-20-6-2-1-5-19(20)21-27-25-15-30-21/h1-12,15H,13-14H2,(H2,24,26,28). The highest BCUT2D eigenvalue weighted by Gasteiger charge is 2.10. The summed E-state index contributed by atoms with van der Waals surface area (Å²) in [5.74, 6) is 1.06. The number of para-hydroxylation sites is 1. The van der Waals surface area contributed by atoms with E-state index in [1.807, 2.05) is 60.7 Å². The van der Waals surface area contributed by atoms with Crippen molar-refractivity contribution in [1.29, 1.82) is 0 Å². The lowest BCUT2D eigenvalue weighted by Gasteiger charge is -2.11. The molecule has 2 N–H and O–H groups in total. The van der Waals surface area contributed by atoms with Gasteiger partial charge in [-0.1, -0.05) is 30.3 Å². The fourth-order valence-corrected chi connectivity index (χ4v) is 2.77. The number of pyridine rings is 1. The maximum absolute atomic E-state index is 12.0. The van der Waals surface area contributed by atoms with Crippen molar-refractivity contribution in [3.8, 4) is 17.2 Å². The first-order valence-electron chi connectivity index (χ1n) is 9.29. The molecule has 2 aromatic carbocycles. The summed E-state index contributed by atoms with van der Waals surface area (Å²) in [6.07, 6.45) is 4.69. The van der Waals surface area contributed by atoms with E-state index < -0.39 is 0 Å². The monoisotopic (exact) mass is 401 g/mol. The molecular weight excluding hydrogens is 382 g/mol. The van der Waals surface area contributed by atoms with Gasteiger partial charge in [0.05, 0.1) is 5.56 Å². The van der Waals surface area contributed by atoms with Crippen molar-refractivity contribution >= 4 is 11.7 Å². The zero-order valence-electron chi connectivity index (χ0n) is 16.0. The first-order chi connectivity index (χ1) is 14.8. The summed E-state index contributed by atoms with van der Waals surface area (Å²) < 4.78 is 11.2. The zero-order valence-corrected chi connectivity index (χ0v) is 16.0. The minimum absolute atomic E-state index is 0.281. The van der Waals surface area contributed by atoms with Crippen LogP contribution in [0.4, 0.5) is 10.5 Å². The molecule has 0 saturated heterocycles. The molecule has 4 rings (SSSR count). The highest BCUT2D eigenvalue weighted by Crippen LogP contribution is 2.28. The van der Waals surface area contributed by atoms with Crippen LogP contribution in [-0.4, -0.2) is 21.2 Å². The minimum atomic E-state index is -0.281. The first kappa shape index (κ1) is 19.1. The Hall–Kier alpha value is -4.20. The molecule has 0 unspecified atom stereocenters. The Kier molecular flexibility index (Phi) is 5.95. The smallest absolute Gasteiger partial charge is 0.319 e. The number of urea groups is 1. The lowest BCUT2D eigenvalue weighted by Crippen LogP contribution is -2.28. The summed E-state index contributed by atoms with van der Waals surface area (Å²) in [5, 5.41) is 13.2. The third-order valence-corrected chi connectivity index (χ3v) is 4.26. The van der Waals surface area contributed by atoms with Gasteiger partial charge in [0.25, 0.3) is 5.89 Å². The third-order valence-electron chi connectivity index (χ3n) is 4.26. The summed E-state index contributed by atoms with van der Waals surface area (Å²) in [5.41, 5.74) is 3.31. The summed E-state index contributed by atoms with van der Waals surface area (Å²) in [6, 6.07) is 18.4. The first-order valence-corrected chi connectivity index (χ1v) is 9.29. The van der Waals surface area contributed by atoms with E-state index in [2.05, 4.69) is 25.8 Å². The van der Waals surface area contributed by atoms with Crippen LogP contribution in [0.15, 0.2) is 83.9 Å². The van der Waals surface area contributed by atoms with Crippen molar-refractivity contribution < 1.29 is 13.9 Å². The number of rotatable bonds is 7. The van der Waals surface area contributed by atoms with Crippen LogP contribution < -0.4 is 15.4 Å². The molecule has 4 aromatic rings. The SMILES string of the molecule is O=C(NCc1cccnc1)Nc1ccc(COc2ccccc2-c2nnco2)cc1. The molecule has 2 aromatic heterocycles. The fraction of sp³-hybridized carbons (Fsp3) is 0.0909. The van der Waals surface area contributed by atoms with Crippen molar-refractivity contribution in [3.63, 3.8) is 0 Å². The normalized spacial score (nSPS) is 10.4. The summed E-state index contributed by atoms with van der Waals surface area (Å²) >= 11 is 0. The molecule has 0 fully saturated rings. The van der Waals surface area contributed by atoms with Crippen LogP contribution in [0.25, 0.3) is 11.5 Å². The number of hydrogen-bond acceptors (Lipinski definition) is 6. The molecule has 2 amide bonds. The van der Waals surface area contributed by atoms with E-state index in [0.29, 0.717) is 30.5 Å². The van der Waals surface area contributed by atoms with Gasteiger partial charge in [0, 0.05) is 24.6 Å². The fourth-order valence-electron chi connectivity index (χ4n) is 2.77. The van der Waals surface area contributed by atoms with E-state index in [1.54, 1.807) is 12.4 Å². The molecule has 0 saturated carbocycles. The number of carbonyl (C=O) groups excluding carboxylic acids is 1. The van der Waals surface area contributed by atoms with Crippen molar-refractivity contribution in [2.75, 3.05) is 5.32 Å². The van der Waals surface area contributed by atoms with Crippen LogP contribution >= 0.6 is 0 Å². The van der Waals surface area contributed by atoms with Crippen molar-refractivity contribution in [2.24, 2.45) is 0 Å². The second-order valence-electron chi connectivity index (χ2n) is 6.39. The van der Waals surface area contributed by atoms with E-state index in [0.717, 1.165) is 16.7 Å². The highest BCUT2D eigenvalue weighted by molar-refractivity contribution is 5.89. The second kappa shape index (κ2) is 9.33. The number of aromatic nitrogens is 3. The van der Waals surface area contributed by atoms with E-state index >= 15 is 0 Å². The number of anilines is 1. The van der Waals surface area contributed by atoms with Gasteiger partial charge in [-0.2, -0.15) is 0 Å². The van der Waals surface area contributed by atoms with Crippen molar-refractivity contribution in [2.45, 2.75) is 13.2 Å². The quantitative estimate of drug-likeness (QED) is 0.485. The number of nitrogens with zero attached hydrogens (tertiary/aromatic N) is 3. The van der Waals surface area contributed by atoms with Gasteiger partial charge in [0.1, 0.15) is 12.4 Å². The number of ether oxygens (including phenoxy) is 1. The molecule has 0 aliphatic rings. The van der Waals surface area contributed by atoms with Crippen molar-refractivity contribution in [3.05, 3.63) is 90.6 Å². The molecule has 8 nitrogen and oxygen atoms in total. The zero-order chi connectivity index (χ0) is 20.6. The number of nitrogens with one attached hydrogen (secondary N) is 2. The molecule has 2 heterocycles. The molecule has 0 aliphatic carbocycles. The Morgan fingerprint density at radius 2 is 1.87 bits per heavy atom. The van der Waals surface area contributed by atoms with Gasteiger partial charge in [-0.15, -0.1) is 10.2 Å². The van der Waals surface area contributed by atoms with Crippen LogP contribution in [0.5, 0.6) is 5.75 Å². The van der Waals surface area contributed by atoms with E-state index in [4.69, 9.17) is 9.15 Å². The average Bonchev–Trinajstić information content (AvgIpc) is 3.33. The second-order valence-corrected chi connectivity index (χ2v) is 6.39.